The molecule has 0 aliphatic heterocycles. The number of aryl methyl sites for hydroxylation is 2. The number of aromatic nitrogens is 3. The van der Waals surface area contributed by atoms with Crippen LogP contribution in [0, 0.1) is 19.7 Å². The van der Waals surface area contributed by atoms with Crippen molar-refractivity contribution in [1.29, 1.82) is 0 Å². The summed E-state index contributed by atoms with van der Waals surface area (Å²) in [5, 5.41) is -0.693. The van der Waals surface area contributed by atoms with Crippen LogP contribution in [0.15, 0.2) is 18.2 Å². The van der Waals surface area contributed by atoms with Crippen molar-refractivity contribution in [3.05, 3.63) is 47.1 Å². The Morgan fingerprint density at radius 3 is 2.39 bits per heavy atom. The molecule has 2 aromatic rings. The van der Waals surface area contributed by atoms with Crippen LogP contribution < -0.4 is 5.73 Å². The summed E-state index contributed by atoms with van der Waals surface area (Å²) in [6.45, 7) is 3.49. The number of halogens is 2. The summed E-state index contributed by atoms with van der Waals surface area (Å²) in [5.74, 6) is 1.01. The average molecular weight is 267 g/mol. The minimum atomic E-state index is -0.693. The number of hydrogen-bond donors (Lipinski definition) is 1. The Bertz CT molecular complexity index is 568. The van der Waals surface area contributed by atoms with E-state index in [1.54, 1.807) is 26.0 Å². The molecule has 6 heteroatoms. The number of alkyl halides is 1. The van der Waals surface area contributed by atoms with Crippen molar-refractivity contribution < 1.29 is 4.39 Å². The van der Waals surface area contributed by atoms with Crippen molar-refractivity contribution in [3.63, 3.8) is 0 Å². The summed E-state index contributed by atoms with van der Waals surface area (Å²) in [6, 6.07) is 4.49. The van der Waals surface area contributed by atoms with Crippen molar-refractivity contribution in [2.45, 2.75) is 19.2 Å². The predicted molar refractivity (Wildman–Crippen MR) is 67.8 cm³/mol. The molecule has 0 saturated carbocycles. The molecule has 1 aromatic carbocycles. The minimum Gasteiger partial charge on any atom is -0.396 e. The summed E-state index contributed by atoms with van der Waals surface area (Å²) in [6.07, 6.45) is 0. The van der Waals surface area contributed by atoms with Crippen molar-refractivity contribution in [2.24, 2.45) is 0 Å². The zero-order valence-electron chi connectivity index (χ0n) is 9.98. The van der Waals surface area contributed by atoms with Crippen molar-refractivity contribution in [1.82, 2.24) is 15.0 Å². The molecule has 0 amide bonds. The number of para-hydroxylation sites is 1. The summed E-state index contributed by atoms with van der Waals surface area (Å²) >= 11 is 6.25. The number of nitrogen functional groups attached to an aromatic ring is 1. The summed E-state index contributed by atoms with van der Waals surface area (Å²) < 4.78 is 13.4. The van der Waals surface area contributed by atoms with Gasteiger partial charge in [0.05, 0.1) is 5.69 Å². The molecule has 1 atom stereocenters. The molecular formula is C12H12ClFN4. The van der Waals surface area contributed by atoms with E-state index in [0.29, 0.717) is 23.0 Å². The van der Waals surface area contributed by atoms with Gasteiger partial charge in [-0.2, -0.15) is 0 Å². The molecule has 1 aromatic heterocycles. The third-order valence-electron chi connectivity index (χ3n) is 2.46. The molecule has 1 unspecified atom stereocenters. The van der Waals surface area contributed by atoms with Crippen LogP contribution in [0.25, 0.3) is 0 Å². The summed E-state index contributed by atoms with van der Waals surface area (Å²) in [7, 11) is 0. The topological polar surface area (TPSA) is 64.7 Å². The molecule has 0 aliphatic rings. The van der Waals surface area contributed by atoms with Crippen molar-refractivity contribution in [2.75, 3.05) is 5.73 Å². The Morgan fingerprint density at radius 1 is 1.17 bits per heavy atom. The van der Waals surface area contributed by atoms with Crippen LogP contribution in [-0.2, 0) is 0 Å². The van der Waals surface area contributed by atoms with Gasteiger partial charge in [-0.05, 0) is 19.9 Å². The van der Waals surface area contributed by atoms with Gasteiger partial charge in [0.2, 0.25) is 0 Å². The van der Waals surface area contributed by atoms with E-state index in [2.05, 4.69) is 15.0 Å². The van der Waals surface area contributed by atoms with E-state index in [1.165, 1.54) is 6.07 Å². The van der Waals surface area contributed by atoms with Gasteiger partial charge in [-0.1, -0.05) is 12.1 Å². The zero-order valence-corrected chi connectivity index (χ0v) is 10.7. The lowest BCUT2D eigenvalue weighted by Gasteiger charge is -2.12. The molecule has 2 rings (SSSR count). The molecule has 0 radical (unpaired) electrons. The van der Waals surface area contributed by atoms with E-state index < -0.39 is 11.2 Å². The van der Waals surface area contributed by atoms with Crippen LogP contribution in [0.1, 0.15) is 28.4 Å². The largest absolute Gasteiger partial charge is 0.396 e. The first kappa shape index (κ1) is 12.7. The maximum absolute atomic E-state index is 13.4. The van der Waals surface area contributed by atoms with Gasteiger partial charge in [-0.3, -0.25) is 0 Å². The van der Waals surface area contributed by atoms with Gasteiger partial charge in [0.25, 0.3) is 0 Å². The molecular weight excluding hydrogens is 255 g/mol. The van der Waals surface area contributed by atoms with Crippen LogP contribution in [0.4, 0.5) is 10.1 Å². The van der Waals surface area contributed by atoms with Crippen LogP contribution in [0.5, 0.6) is 0 Å². The zero-order chi connectivity index (χ0) is 13.3. The molecule has 0 aliphatic carbocycles. The Morgan fingerprint density at radius 2 is 1.78 bits per heavy atom. The van der Waals surface area contributed by atoms with Gasteiger partial charge in [0, 0.05) is 5.56 Å². The maximum Gasteiger partial charge on any atom is 0.154 e. The first-order valence-corrected chi connectivity index (χ1v) is 5.80. The fraction of sp³-hybridized carbons (Fsp3) is 0.250. The fourth-order valence-electron chi connectivity index (χ4n) is 1.67. The lowest BCUT2D eigenvalue weighted by molar-refractivity contribution is 0.630. The predicted octanol–water partition coefficient (Wildman–Crippen LogP) is 2.54. The van der Waals surface area contributed by atoms with E-state index in [-0.39, 0.29) is 5.69 Å². The van der Waals surface area contributed by atoms with Gasteiger partial charge >= 0.3 is 0 Å². The van der Waals surface area contributed by atoms with Crippen LogP contribution in [0.2, 0.25) is 0 Å². The lowest BCUT2D eigenvalue weighted by Crippen LogP contribution is -2.08. The first-order valence-electron chi connectivity index (χ1n) is 5.36. The number of benzene rings is 1. The fourth-order valence-corrected chi connectivity index (χ4v) is 1.96. The highest BCUT2D eigenvalue weighted by molar-refractivity contribution is 6.22. The molecule has 0 bridgehead atoms. The number of hydrogen-bond acceptors (Lipinski definition) is 4. The summed E-state index contributed by atoms with van der Waals surface area (Å²) in [4.78, 5) is 12.4. The SMILES string of the molecule is Cc1nc(C)nc(C(Cl)c2cccc(F)c2N)n1. The molecule has 1 heterocycles. The second-order valence-electron chi connectivity index (χ2n) is 3.89. The summed E-state index contributed by atoms with van der Waals surface area (Å²) in [5.41, 5.74) is 6.15. The Labute approximate surface area is 109 Å². The van der Waals surface area contributed by atoms with E-state index >= 15 is 0 Å². The highest BCUT2D eigenvalue weighted by Crippen LogP contribution is 2.31. The average Bonchev–Trinajstić information content (AvgIpc) is 2.30. The van der Waals surface area contributed by atoms with Crippen molar-refractivity contribution >= 4 is 17.3 Å². The van der Waals surface area contributed by atoms with Gasteiger partial charge in [0.1, 0.15) is 22.8 Å². The second kappa shape index (κ2) is 4.86. The van der Waals surface area contributed by atoms with E-state index in [1.807, 2.05) is 0 Å². The van der Waals surface area contributed by atoms with E-state index in [9.17, 15) is 4.39 Å². The maximum atomic E-state index is 13.4. The molecule has 4 nitrogen and oxygen atoms in total. The highest BCUT2D eigenvalue weighted by Gasteiger charge is 2.19. The smallest absolute Gasteiger partial charge is 0.154 e. The number of nitrogens with two attached hydrogens (primary N) is 1. The minimum absolute atomic E-state index is 0.0215. The first-order chi connectivity index (χ1) is 8.49. The lowest BCUT2D eigenvalue weighted by atomic mass is 10.1. The highest BCUT2D eigenvalue weighted by atomic mass is 35.5. The number of nitrogens with zero attached hydrogens (tertiary/aromatic N) is 3. The van der Waals surface area contributed by atoms with E-state index in [0.717, 1.165) is 0 Å². The quantitative estimate of drug-likeness (QED) is 0.670. The molecule has 2 N–H and O–H groups in total. The van der Waals surface area contributed by atoms with E-state index in [4.69, 9.17) is 17.3 Å². The van der Waals surface area contributed by atoms with Crippen LogP contribution in [-0.4, -0.2) is 15.0 Å². The van der Waals surface area contributed by atoms with Crippen LogP contribution in [0.3, 0.4) is 0 Å². The molecule has 18 heavy (non-hydrogen) atoms. The molecule has 94 valence electrons. The second-order valence-corrected chi connectivity index (χ2v) is 4.33. The van der Waals surface area contributed by atoms with Crippen molar-refractivity contribution in [3.8, 4) is 0 Å². The Balaban J connectivity index is 2.47. The Hall–Kier alpha value is -1.75. The Kier molecular flexibility index (Phi) is 3.43. The normalized spacial score (nSPS) is 12.4. The molecule has 0 fully saturated rings. The monoisotopic (exact) mass is 266 g/mol. The number of anilines is 1. The van der Waals surface area contributed by atoms with Gasteiger partial charge in [0.15, 0.2) is 5.82 Å². The van der Waals surface area contributed by atoms with Gasteiger partial charge in [-0.15, -0.1) is 11.6 Å². The van der Waals surface area contributed by atoms with Crippen LogP contribution >= 0.6 is 11.6 Å². The molecule has 0 spiro atoms. The number of rotatable bonds is 2. The third kappa shape index (κ3) is 2.41. The molecule has 0 saturated heterocycles. The third-order valence-corrected chi connectivity index (χ3v) is 2.89. The van der Waals surface area contributed by atoms with Gasteiger partial charge < -0.3 is 5.73 Å². The van der Waals surface area contributed by atoms with Gasteiger partial charge in [-0.25, -0.2) is 19.3 Å². The standard InChI is InChI=1S/C12H12ClFN4/c1-6-16-7(2)18-12(17-6)10(13)8-4-3-5-9(14)11(8)15/h3-5,10H,15H2,1-2H3.